The number of hydrogen-bond acceptors (Lipinski definition) is 3. The van der Waals surface area contributed by atoms with Crippen LogP contribution in [0.5, 0.6) is 0 Å². The first-order chi connectivity index (χ1) is 9.67. The second-order valence-electron chi connectivity index (χ2n) is 5.54. The van der Waals surface area contributed by atoms with Gasteiger partial charge in [0.15, 0.2) is 0 Å². The smallest absolute Gasteiger partial charge is 0.0673 e. The third kappa shape index (κ3) is 4.57. The maximum atomic E-state index is 6.40. The summed E-state index contributed by atoms with van der Waals surface area (Å²) in [7, 11) is 0. The fraction of sp³-hybridized carbons (Fsp3) is 0.706. The van der Waals surface area contributed by atoms with E-state index in [1.807, 2.05) is 12.3 Å². The SMILES string of the molecule is CCC(CC)CN(CC)C(c1ccccn1)C(N)CC. The predicted octanol–water partition coefficient (Wildman–Crippen LogP) is 3.62. The molecule has 1 rings (SSSR count). The van der Waals surface area contributed by atoms with E-state index in [1.54, 1.807) is 0 Å². The van der Waals surface area contributed by atoms with Gasteiger partial charge in [0.05, 0.1) is 11.7 Å². The number of hydrogen-bond donors (Lipinski definition) is 1. The molecule has 0 bridgehead atoms. The molecule has 0 saturated carbocycles. The highest BCUT2D eigenvalue weighted by atomic mass is 15.2. The zero-order valence-corrected chi connectivity index (χ0v) is 13.5. The molecule has 0 aliphatic heterocycles. The zero-order valence-electron chi connectivity index (χ0n) is 13.5. The molecule has 1 aromatic heterocycles. The molecule has 0 amide bonds. The molecule has 0 aliphatic rings. The Bertz CT molecular complexity index is 349. The lowest BCUT2D eigenvalue weighted by Gasteiger charge is -2.36. The van der Waals surface area contributed by atoms with Gasteiger partial charge in [-0.25, -0.2) is 0 Å². The van der Waals surface area contributed by atoms with Crippen LogP contribution >= 0.6 is 0 Å². The van der Waals surface area contributed by atoms with E-state index in [0.29, 0.717) is 0 Å². The van der Waals surface area contributed by atoms with E-state index < -0.39 is 0 Å². The fourth-order valence-corrected chi connectivity index (χ4v) is 2.77. The van der Waals surface area contributed by atoms with Gasteiger partial charge in [0.1, 0.15) is 0 Å². The summed E-state index contributed by atoms with van der Waals surface area (Å²) in [6.07, 6.45) is 5.29. The third-order valence-electron chi connectivity index (χ3n) is 4.31. The molecule has 20 heavy (non-hydrogen) atoms. The lowest BCUT2D eigenvalue weighted by Crippen LogP contribution is -2.43. The van der Waals surface area contributed by atoms with Crippen molar-refractivity contribution in [3.05, 3.63) is 30.1 Å². The Labute approximate surface area is 124 Å². The maximum Gasteiger partial charge on any atom is 0.0673 e. The first kappa shape index (κ1) is 17.1. The van der Waals surface area contributed by atoms with Gasteiger partial charge in [-0.2, -0.15) is 0 Å². The average molecular weight is 277 g/mol. The summed E-state index contributed by atoms with van der Waals surface area (Å²) in [5, 5.41) is 0. The Morgan fingerprint density at radius 1 is 1.10 bits per heavy atom. The average Bonchev–Trinajstić information content (AvgIpc) is 2.51. The van der Waals surface area contributed by atoms with Crippen molar-refractivity contribution >= 4 is 0 Å². The quantitative estimate of drug-likeness (QED) is 0.749. The number of aromatic nitrogens is 1. The summed E-state index contributed by atoms with van der Waals surface area (Å²) in [6.45, 7) is 11.1. The summed E-state index contributed by atoms with van der Waals surface area (Å²) in [6, 6.07) is 6.50. The predicted molar refractivity (Wildman–Crippen MR) is 86.6 cm³/mol. The monoisotopic (exact) mass is 277 g/mol. The molecule has 0 spiro atoms. The topological polar surface area (TPSA) is 42.2 Å². The van der Waals surface area contributed by atoms with Crippen molar-refractivity contribution in [3.63, 3.8) is 0 Å². The van der Waals surface area contributed by atoms with Crippen LogP contribution in [-0.4, -0.2) is 29.0 Å². The Morgan fingerprint density at radius 2 is 1.80 bits per heavy atom. The zero-order chi connectivity index (χ0) is 15.0. The standard InChI is InChI=1S/C17H31N3/c1-5-14(6-2)13-20(8-4)17(15(18)7-3)16-11-9-10-12-19-16/h9-12,14-15,17H,5-8,13,18H2,1-4H3. The molecule has 0 aliphatic carbocycles. The van der Waals surface area contributed by atoms with Gasteiger partial charge in [-0.05, 0) is 31.0 Å². The molecule has 2 unspecified atom stereocenters. The molecular weight excluding hydrogens is 246 g/mol. The van der Waals surface area contributed by atoms with Crippen LogP contribution in [-0.2, 0) is 0 Å². The first-order valence-corrected chi connectivity index (χ1v) is 8.08. The number of nitrogens with two attached hydrogens (primary N) is 1. The van der Waals surface area contributed by atoms with E-state index in [1.165, 1.54) is 12.8 Å². The normalized spacial score (nSPS) is 14.8. The van der Waals surface area contributed by atoms with Crippen molar-refractivity contribution in [3.8, 4) is 0 Å². The van der Waals surface area contributed by atoms with E-state index in [4.69, 9.17) is 5.73 Å². The molecule has 114 valence electrons. The van der Waals surface area contributed by atoms with Gasteiger partial charge in [-0.3, -0.25) is 9.88 Å². The highest BCUT2D eigenvalue weighted by Gasteiger charge is 2.26. The number of likely N-dealkylation sites (N-methyl/N-ethyl adjacent to an activating group) is 1. The molecule has 0 radical (unpaired) electrons. The van der Waals surface area contributed by atoms with Crippen LogP contribution in [0.25, 0.3) is 0 Å². The van der Waals surface area contributed by atoms with Gasteiger partial charge < -0.3 is 5.73 Å². The van der Waals surface area contributed by atoms with E-state index in [9.17, 15) is 0 Å². The summed E-state index contributed by atoms with van der Waals surface area (Å²) in [5.74, 6) is 0.741. The van der Waals surface area contributed by atoms with Crippen LogP contribution in [0, 0.1) is 5.92 Å². The molecule has 0 saturated heterocycles. The second-order valence-corrected chi connectivity index (χ2v) is 5.54. The van der Waals surface area contributed by atoms with Crippen molar-refractivity contribution < 1.29 is 0 Å². The van der Waals surface area contributed by atoms with Gasteiger partial charge in [-0.1, -0.05) is 46.6 Å². The Hall–Kier alpha value is -0.930. The van der Waals surface area contributed by atoms with Gasteiger partial charge in [0.25, 0.3) is 0 Å². The van der Waals surface area contributed by atoms with Crippen LogP contribution in [0.1, 0.15) is 58.7 Å². The summed E-state index contributed by atoms with van der Waals surface area (Å²) in [5.41, 5.74) is 7.51. The van der Waals surface area contributed by atoms with Gasteiger partial charge >= 0.3 is 0 Å². The molecule has 3 heteroatoms. The molecule has 0 fully saturated rings. The van der Waals surface area contributed by atoms with E-state index in [-0.39, 0.29) is 12.1 Å². The highest BCUT2D eigenvalue weighted by molar-refractivity contribution is 5.11. The van der Waals surface area contributed by atoms with Crippen LogP contribution in [0.3, 0.4) is 0 Å². The van der Waals surface area contributed by atoms with Gasteiger partial charge in [0.2, 0.25) is 0 Å². The fourth-order valence-electron chi connectivity index (χ4n) is 2.77. The van der Waals surface area contributed by atoms with E-state index in [2.05, 4.69) is 49.7 Å². The minimum Gasteiger partial charge on any atom is -0.326 e. The molecule has 1 heterocycles. The maximum absolute atomic E-state index is 6.40. The molecule has 3 nitrogen and oxygen atoms in total. The lowest BCUT2D eigenvalue weighted by molar-refractivity contribution is 0.144. The van der Waals surface area contributed by atoms with Gasteiger partial charge in [0, 0.05) is 18.8 Å². The van der Waals surface area contributed by atoms with Crippen LogP contribution in [0.15, 0.2) is 24.4 Å². The minimum atomic E-state index is 0.138. The van der Waals surface area contributed by atoms with E-state index in [0.717, 1.165) is 31.1 Å². The summed E-state index contributed by atoms with van der Waals surface area (Å²) in [4.78, 5) is 7.06. The second kappa shape index (κ2) is 9.09. The van der Waals surface area contributed by atoms with Crippen molar-refractivity contribution in [1.29, 1.82) is 0 Å². The van der Waals surface area contributed by atoms with Crippen molar-refractivity contribution in [2.45, 2.75) is 59.0 Å². The third-order valence-corrected chi connectivity index (χ3v) is 4.31. The Kier molecular flexibility index (Phi) is 7.78. The molecule has 1 aromatic rings. The number of nitrogens with zero attached hydrogens (tertiary/aromatic N) is 2. The van der Waals surface area contributed by atoms with Crippen LogP contribution < -0.4 is 5.73 Å². The Balaban J connectivity index is 2.95. The lowest BCUT2D eigenvalue weighted by atomic mass is 9.97. The molecule has 0 aromatic carbocycles. The summed E-state index contributed by atoms with van der Waals surface area (Å²) < 4.78 is 0. The molecule has 2 atom stereocenters. The molecular formula is C17H31N3. The minimum absolute atomic E-state index is 0.138. The number of rotatable bonds is 9. The van der Waals surface area contributed by atoms with Crippen LogP contribution in [0.4, 0.5) is 0 Å². The van der Waals surface area contributed by atoms with E-state index >= 15 is 0 Å². The Morgan fingerprint density at radius 3 is 2.25 bits per heavy atom. The highest BCUT2D eigenvalue weighted by Crippen LogP contribution is 2.25. The van der Waals surface area contributed by atoms with Crippen molar-refractivity contribution in [2.24, 2.45) is 11.7 Å². The first-order valence-electron chi connectivity index (χ1n) is 8.08. The van der Waals surface area contributed by atoms with Crippen molar-refractivity contribution in [1.82, 2.24) is 9.88 Å². The molecule has 2 N–H and O–H groups in total. The largest absolute Gasteiger partial charge is 0.326 e. The van der Waals surface area contributed by atoms with Crippen LogP contribution in [0.2, 0.25) is 0 Å². The summed E-state index contributed by atoms with van der Waals surface area (Å²) >= 11 is 0. The van der Waals surface area contributed by atoms with Crippen molar-refractivity contribution in [2.75, 3.05) is 13.1 Å². The number of pyridine rings is 1. The van der Waals surface area contributed by atoms with Gasteiger partial charge in [-0.15, -0.1) is 0 Å².